The molecule has 0 aromatic heterocycles. The highest BCUT2D eigenvalue weighted by Gasteiger charge is 2.19. The van der Waals surface area contributed by atoms with Crippen molar-refractivity contribution < 1.29 is 10.2 Å². The molecule has 0 radical (unpaired) electrons. The number of fused-ring (bicyclic) bond motifs is 1. The zero-order valence-corrected chi connectivity index (χ0v) is 12.0. The molecule has 0 fully saturated rings. The number of aliphatic hydroxyl groups excluding tert-OH is 1. The number of hydrogen-bond acceptors (Lipinski definition) is 3. The number of phenolic OH excluding ortho intramolecular Hbond substituents is 1. The highest BCUT2D eigenvalue weighted by Crippen LogP contribution is 2.25. The van der Waals surface area contributed by atoms with Crippen molar-refractivity contribution in [3.63, 3.8) is 0 Å². The molecule has 0 spiro atoms. The molecule has 3 rings (SSSR count). The summed E-state index contributed by atoms with van der Waals surface area (Å²) in [4.78, 5) is 0. The van der Waals surface area contributed by atoms with E-state index in [0.29, 0.717) is 18.3 Å². The van der Waals surface area contributed by atoms with Gasteiger partial charge in [-0.25, -0.2) is 0 Å². The zero-order valence-electron chi connectivity index (χ0n) is 12.0. The fourth-order valence-electron chi connectivity index (χ4n) is 2.99. The molecular formula is C18H21NO2. The molecule has 0 heterocycles. The summed E-state index contributed by atoms with van der Waals surface area (Å²) in [6.45, 7) is 0.558. The Morgan fingerprint density at radius 2 is 1.90 bits per heavy atom. The van der Waals surface area contributed by atoms with Crippen LogP contribution in [0.15, 0.2) is 48.5 Å². The number of benzene rings is 2. The van der Waals surface area contributed by atoms with Crippen LogP contribution in [-0.4, -0.2) is 22.8 Å². The van der Waals surface area contributed by atoms with Gasteiger partial charge in [-0.1, -0.05) is 36.4 Å². The molecule has 0 bridgehead atoms. The van der Waals surface area contributed by atoms with Crippen LogP contribution >= 0.6 is 0 Å². The quantitative estimate of drug-likeness (QED) is 0.808. The zero-order chi connectivity index (χ0) is 14.7. The lowest BCUT2D eigenvalue weighted by Crippen LogP contribution is -2.37. The topological polar surface area (TPSA) is 52.5 Å². The lowest BCUT2D eigenvalue weighted by Gasteiger charge is -2.26. The number of phenols is 1. The molecule has 3 heteroatoms. The SMILES string of the molecule is Oc1ccc2c(c1)CC(NC[C@H](O)c1ccccc1)CC2. The fourth-order valence-corrected chi connectivity index (χ4v) is 2.99. The van der Waals surface area contributed by atoms with E-state index in [9.17, 15) is 10.2 Å². The molecule has 0 amide bonds. The van der Waals surface area contributed by atoms with Gasteiger partial charge in [0.15, 0.2) is 0 Å². The second-order valence-electron chi connectivity index (χ2n) is 5.73. The Hall–Kier alpha value is -1.84. The Morgan fingerprint density at radius 3 is 2.71 bits per heavy atom. The average molecular weight is 283 g/mol. The fraction of sp³-hybridized carbons (Fsp3) is 0.333. The van der Waals surface area contributed by atoms with E-state index in [-0.39, 0.29) is 0 Å². The van der Waals surface area contributed by atoms with Crippen LogP contribution in [0.4, 0.5) is 0 Å². The van der Waals surface area contributed by atoms with Gasteiger partial charge in [-0.2, -0.15) is 0 Å². The van der Waals surface area contributed by atoms with Gasteiger partial charge in [0, 0.05) is 12.6 Å². The van der Waals surface area contributed by atoms with Crippen LogP contribution in [0.1, 0.15) is 29.2 Å². The first-order valence-corrected chi connectivity index (χ1v) is 7.49. The van der Waals surface area contributed by atoms with E-state index in [1.165, 1.54) is 11.1 Å². The van der Waals surface area contributed by atoms with E-state index in [2.05, 4.69) is 5.32 Å². The Kier molecular flexibility index (Phi) is 4.23. The van der Waals surface area contributed by atoms with Gasteiger partial charge in [-0.3, -0.25) is 0 Å². The molecule has 21 heavy (non-hydrogen) atoms. The number of aryl methyl sites for hydroxylation is 1. The number of rotatable bonds is 4. The minimum atomic E-state index is -0.475. The monoisotopic (exact) mass is 283 g/mol. The van der Waals surface area contributed by atoms with E-state index in [0.717, 1.165) is 24.8 Å². The van der Waals surface area contributed by atoms with E-state index < -0.39 is 6.10 Å². The van der Waals surface area contributed by atoms with Crippen LogP contribution in [0.2, 0.25) is 0 Å². The van der Waals surface area contributed by atoms with Crippen LogP contribution in [0, 0.1) is 0 Å². The minimum Gasteiger partial charge on any atom is -0.508 e. The summed E-state index contributed by atoms with van der Waals surface area (Å²) in [5.41, 5.74) is 3.49. The maximum absolute atomic E-state index is 10.2. The predicted molar refractivity (Wildman–Crippen MR) is 83.3 cm³/mol. The summed E-state index contributed by atoms with van der Waals surface area (Å²) in [6, 6.07) is 15.7. The van der Waals surface area contributed by atoms with E-state index in [1.54, 1.807) is 6.07 Å². The van der Waals surface area contributed by atoms with Crippen LogP contribution in [0.25, 0.3) is 0 Å². The smallest absolute Gasteiger partial charge is 0.115 e. The molecule has 0 saturated carbocycles. The summed E-state index contributed by atoms with van der Waals surface area (Å²) in [7, 11) is 0. The van der Waals surface area contributed by atoms with Crippen molar-refractivity contribution in [1.82, 2.24) is 5.32 Å². The van der Waals surface area contributed by atoms with Gasteiger partial charge in [-0.15, -0.1) is 0 Å². The van der Waals surface area contributed by atoms with Gasteiger partial charge in [0.05, 0.1) is 6.10 Å². The Labute approximate surface area is 125 Å². The van der Waals surface area contributed by atoms with Crippen molar-refractivity contribution in [2.75, 3.05) is 6.54 Å². The first-order chi connectivity index (χ1) is 10.2. The lowest BCUT2D eigenvalue weighted by atomic mass is 9.88. The van der Waals surface area contributed by atoms with Crippen molar-refractivity contribution >= 4 is 0 Å². The molecule has 1 aliphatic rings. The van der Waals surface area contributed by atoms with E-state index in [4.69, 9.17) is 0 Å². The van der Waals surface area contributed by atoms with Crippen molar-refractivity contribution in [2.45, 2.75) is 31.4 Å². The predicted octanol–water partition coefficient (Wildman–Crippen LogP) is 2.57. The molecular weight excluding hydrogens is 262 g/mol. The Balaban J connectivity index is 1.58. The molecule has 3 N–H and O–H groups in total. The maximum atomic E-state index is 10.2. The average Bonchev–Trinajstić information content (AvgIpc) is 2.53. The molecule has 2 aromatic rings. The van der Waals surface area contributed by atoms with Crippen LogP contribution in [0.3, 0.4) is 0 Å². The van der Waals surface area contributed by atoms with E-state index >= 15 is 0 Å². The number of aromatic hydroxyl groups is 1. The first-order valence-electron chi connectivity index (χ1n) is 7.49. The number of aliphatic hydroxyl groups is 1. The normalized spacial score (nSPS) is 19.0. The third-order valence-corrected chi connectivity index (χ3v) is 4.20. The third kappa shape index (κ3) is 3.43. The first kappa shape index (κ1) is 14.1. The summed E-state index contributed by atoms with van der Waals surface area (Å²) in [6.07, 6.45) is 2.52. The third-order valence-electron chi connectivity index (χ3n) is 4.20. The van der Waals surface area contributed by atoms with Gasteiger partial charge >= 0.3 is 0 Å². The Morgan fingerprint density at radius 1 is 1.10 bits per heavy atom. The number of hydrogen-bond donors (Lipinski definition) is 3. The molecule has 2 aromatic carbocycles. The summed E-state index contributed by atoms with van der Waals surface area (Å²) < 4.78 is 0. The van der Waals surface area contributed by atoms with Crippen molar-refractivity contribution in [1.29, 1.82) is 0 Å². The lowest BCUT2D eigenvalue weighted by molar-refractivity contribution is 0.168. The van der Waals surface area contributed by atoms with Crippen LogP contribution < -0.4 is 5.32 Å². The molecule has 2 atom stereocenters. The standard InChI is InChI=1S/C18H21NO2/c20-17-9-7-13-6-8-16(10-15(13)11-17)19-12-18(21)14-4-2-1-3-5-14/h1-5,7,9,11,16,18-21H,6,8,10,12H2/t16?,18-/m0/s1. The summed E-state index contributed by atoms with van der Waals surface area (Å²) in [5.74, 6) is 0.332. The van der Waals surface area contributed by atoms with Gasteiger partial charge in [0.1, 0.15) is 5.75 Å². The Bertz CT molecular complexity index is 597. The van der Waals surface area contributed by atoms with Gasteiger partial charge in [0.25, 0.3) is 0 Å². The highest BCUT2D eigenvalue weighted by atomic mass is 16.3. The molecule has 0 saturated heterocycles. The van der Waals surface area contributed by atoms with Crippen LogP contribution in [-0.2, 0) is 12.8 Å². The largest absolute Gasteiger partial charge is 0.508 e. The van der Waals surface area contributed by atoms with Gasteiger partial charge in [-0.05, 0) is 48.1 Å². The van der Waals surface area contributed by atoms with E-state index in [1.807, 2.05) is 42.5 Å². The summed E-state index contributed by atoms with van der Waals surface area (Å²) in [5, 5.41) is 23.2. The highest BCUT2D eigenvalue weighted by molar-refractivity contribution is 5.37. The van der Waals surface area contributed by atoms with Gasteiger partial charge in [0.2, 0.25) is 0 Å². The van der Waals surface area contributed by atoms with Crippen LogP contribution in [0.5, 0.6) is 5.75 Å². The van der Waals surface area contributed by atoms with Gasteiger partial charge < -0.3 is 15.5 Å². The molecule has 3 nitrogen and oxygen atoms in total. The summed E-state index contributed by atoms with van der Waals surface area (Å²) >= 11 is 0. The number of nitrogens with one attached hydrogen (secondary N) is 1. The van der Waals surface area contributed by atoms with Crippen molar-refractivity contribution in [3.05, 3.63) is 65.2 Å². The van der Waals surface area contributed by atoms with Crippen molar-refractivity contribution in [2.24, 2.45) is 0 Å². The molecule has 1 unspecified atom stereocenters. The maximum Gasteiger partial charge on any atom is 0.115 e. The molecule has 1 aliphatic carbocycles. The molecule has 110 valence electrons. The minimum absolute atomic E-state index is 0.332. The molecule has 0 aliphatic heterocycles. The second-order valence-corrected chi connectivity index (χ2v) is 5.73. The second kappa shape index (κ2) is 6.29. The van der Waals surface area contributed by atoms with Crippen molar-refractivity contribution in [3.8, 4) is 5.75 Å².